The highest BCUT2D eigenvalue weighted by Gasteiger charge is 2.34. The van der Waals surface area contributed by atoms with Gasteiger partial charge in [0.25, 0.3) is 0 Å². The van der Waals surface area contributed by atoms with Crippen LogP contribution in [0.25, 0.3) is 0 Å². The van der Waals surface area contributed by atoms with Crippen molar-refractivity contribution in [2.75, 3.05) is 14.1 Å². The zero-order valence-corrected chi connectivity index (χ0v) is 14.6. The standard InChI is InChI=1S/C20H20F3NO2/c1-24(2)13-14-7-3-4-8-15(14)18(25)11-12-19(26)16-9-5-6-10-17(16)20(21,22)23/h3-10H,11-13H2,1-2H3. The second-order valence-electron chi connectivity index (χ2n) is 6.28. The van der Waals surface area contributed by atoms with E-state index in [9.17, 15) is 22.8 Å². The molecule has 6 heteroatoms. The number of alkyl halides is 3. The molecule has 2 aromatic rings. The molecule has 26 heavy (non-hydrogen) atoms. The van der Waals surface area contributed by atoms with Crippen molar-refractivity contribution in [2.45, 2.75) is 25.6 Å². The van der Waals surface area contributed by atoms with Crippen molar-refractivity contribution in [2.24, 2.45) is 0 Å². The van der Waals surface area contributed by atoms with Gasteiger partial charge in [-0.3, -0.25) is 9.59 Å². The second-order valence-corrected chi connectivity index (χ2v) is 6.28. The van der Waals surface area contributed by atoms with Crippen LogP contribution < -0.4 is 0 Å². The summed E-state index contributed by atoms with van der Waals surface area (Å²) in [5.74, 6) is -0.934. The van der Waals surface area contributed by atoms with Crippen LogP contribution in [0.15, 0.2) is 48.5 Å². The molecule has 0 N–H and O–H groups in total. The summed E-state index contributed by atoms with van der Waals surface area (Å²) >= 11 is 0. The van der Waals surface area contributed by atoms with Crippen LogP contribution in [0.2, 0.25) is 0 Å². The fraction of sp³-hybridized carbons (Fsp3) is 0.300. The molecule has 0 saturated carbocycles. The third-order valence-electron chi connectivity index (χ3n) is 3.92. The molecule has 0 aromatic heterocycles. The highest BCUT2D eigenvalue weighted by Crippen LogP contribution is 2.32. The number of carbonyl (C=O) groups excluding carboxylic acids is 2. The third kappa shape index (κ3) is 5.02. The van der Waals surface area contributed by atoms with E-state index in [1.54, 1.807) is 12.1 Å². The fourth-order valence-corrected chi connectivity index (χ4v) is 2.74. The van der Waals surface area contributed by atoms with Gasteiger partial charge in [0.05, 0.1) is 5.56 Å². The molecule has 0 unspecified atom stereocenters. The van der Waals surface area contributed by atoms with Gasteiger partial charge in [-0.05, 0) is 25.7 Å². The number of carbonyl (C=O) groups is 2. The molecule has 0 heterocycles. The van der Waals surface area contributed by atoms with E-state index in [-0.39, 0.29) is 18.6 Å². The van der Waals surface area contributed by atoms with Crippen LogP contribution in [0.3, 0.4) is 0 Å². The van der Waals surface area contributed by atoms with Gasteiger partial charge in [0.15, 0.2) is 11.6 Å². The zero-order chi connectivity index (χ0) is 19.3. The Morgan fingerprint density at radius 1 is 0.846 bits per heavy atom. The highest BCUT2D eigenvalue weighted by atomic mass is 19.4. The second kappa shape index (κ2) is 8.27. The number of nitrogens with zero attached hydrogens (tertiary/aromatic N) is 1. The van der Waals surface area contributed by atoms with Crippen LogP contribution in [0.1, 0.15) is 44.7 Å². The fourth-order valence-electron chi connectivity index (χ4n) is 2.74. The summed E-state index contributed by atoms with van der Waals surface area (Å²) in [6, 6.07) is 11.7. The minimum Gasteiger partial charge on any atom is -0.305 e. The number of hydrogen-bond donors (Lipinski definition) is 0. The molecular formula is C20H20F3NO2. The molecule has 0 saturated heterocycles. The van der Waals surface area contributed by atoms with E-state index in [0.29, 0.717) is 12.1 Å². The van der Waals surface area contributed by atoms with Crippen LogP contribution in [-0.4, -0.2) is 30.6 Å². The number of halogens is 3. The maximum absolute atomic E-state index is 13.0. The monoisotopic (exact) mass is 363 g/mol. The van der Waals surface area contributed by atoms with Crippen LogP contribution in [0, 0.1) is 0 Å². The number of ketones is 2. The van der Waals surface area contributed by atoms with Crippen molar-refractivity contribution in [3.8, 4) is 0 Å². The van der Waals surface area contributed by atoms with E-state index < -0.39 is 23.1 Å². The molecule has 138 valence electrons. The van der Waals surface area contributed by atoms with Gasteiger partial charge in [-0.2, -0.15) is 13.2 Å². The van der Waals surface area contributed by atoms with Crippen molar-refractivity contribution in [1.82, 2.24) is 4.90 Å². The molecule has 0 spiro atoms. The van der Waals surface area contributed by atoms with Gasteiger partial charge >= 0.3 is 6.18 Å². The van der Waals surface area contributed by atoms with Crippen molar-refractivity contribution in [3.63, 3.8) is 0 Å². The maximum atomic E-state index is 13.0. The first-order valence-corrected chi connectivity index (χ1v) is 8.15. The molecule has 0 aliphatic carbocycles. The minimum absolute atomic E-state index is 0.129. The molecule has 3 nitrogen and oxygen atoms in total. The van der Waals surface area contributed by atoms with E-state index in [2.05, 4.69) is 0 Å². The summed E-state index contributed by atoms with van der Waals surface area (Å²) in [7, 11) is 3.75. The predicted molar refractivity (Wildman–Crippen MR) is 93.2 cm³/mol. The van der Waals surface area contributed by atoms with Crippen LogP contribution in [0.5, 0.6) is 0 Å². The quantitative estimate of drug-likeness (QED) is 0.674. The summed E-state index contributed by atoms with van der Waals surface area (Å²) in [6.07, 6.45) is -4.99. The summed E-state index contributed by atoms with van der Waals surface area (Å²) in [6.45, 7) is 0.562. The Hall–Kier alpha value is -2.47. The molecule has 2 aromatic carbocycles. The Kier molecular flexibility index (Phi) is 6.32. The third-order valence-corrected chi connectivity index (χ3v) is 3.92. The molecule has 0 atom stereocenters. The summed E-state index contributed by atoms with van der Waals surface area (Å²) in [5, 5.41) is 0. The Bertz CT molecular complexity index is 798. The number of hydrogen-bond acceptors (Lipinski definition) is 3. The topological polar surface area (TPSA) is 37.4 Å². The molecule has 0 fully saturated rings. The van der Waals surface area contributed by atoms with E-state index in [1.807, 2.05) is 31.1 Å². The van der Waals surface area contributed by atoms with Gasteiger partial charge in [0, 0.05) is 30.5 Å². The Balaban J connectivity index is 2.13. The lowest BCUT2D eigenvalue weighted by molar-refractivity contribution is -0.137. The predicted octanol–water partition coefficient (Wildman–Crippen LogP) is 4.61. The van der Waals surface area contributed by atoms with Gasteiger partial charge < -0.3 is 4.90 Å². The number of rotatable bonds is 7. The van der Waals surface area contributed by atoms with Crippen molar-refractivity contribution >= 4 is 11.6 Å². The molecule has 0 amide bonds. The average molecular weight is 363 g/mol. The normalized spacial score (nSPS) is 11.6. The van der Waals surface area contributed by atoms with Gasteiger partial charge in [0.2, 0.25) is 0 Å². The maximum Gasteiger partial charge on any atom is 0.417 e. The largest absolute Gasteiger partial charge is 0.417 e. The average Bonchev–Trinajstić information content (AvgIpc) is 2.58. The van der Waals surface area contributed by atoms with E-state index in [4.69, 9.17) is 0 Å². The van der Waals surface area contributed by atoms with Crippen molar-refractivity contribution in [3.05, 3.63) is 70.8 Å². The van der Waals surface area contributed by atoms with Gasteiger partial charge in [-0.1, -0.05) is 42.5 Å². The number of benzene rings is 2. The van der Waals surface area contributed by atoms with Gasteiger partial charge in [0.1, 0.15) is 0 Å². The highest BCUT2D eigenvalue weighted by molar-refractivity contribution is 6.03. The molecular weight excluding hydrogens is 343 g/mol. The van der Waals surface area contributed by atoms with Crippen LogP contribution in [-0.2, 0) is 12.7 Å². The van der Waals surface area contributed by atoms with Gasteiger partial charge in [-0.25, -0.2) is 0 Å². The summed E-state index contributed by atoms with van der Waals surface area (Å²) in [5.41, 5.74) is -0.0384. The van der Waals surface area contributed by atoms with Crippen LogP contribution in [0.4, 0.5) is 13.2 Å². The van der Waals surface area contributed by atoms with Crippen molar-refractivity contribution < 1.29 is 22.8 Å². The Morgan fingerprint density at radius 2 is 1.35 bits per heavy atom. The van der Waals surface area contributed by atoms with Crippen LogP contribution >= 0.6 is 0 Å². The lowest BCUT2D eigenvalue weighted by atomic mass is 9.96. The number of Topliss-reactive ketones (excluding diaryl/α,β-unsaturated/α-hetero) is 2. The molecule has 0 aliphatic rings. The lowest BCUT2D eigenvalue weighted by Crippen LogP contribution is -2.16. The van der Waals surface area contributed by atoms with E-state index in [1.165, 1.54) is 12.1 Å². The summed E-state index contributed by atoms with van der Waals surface area (Å²) < 4.78 is 39.1. The molecule has 0 radical (unpaired) electrons. The van der Waals surface area contributed by atoms with E-state index in [0.717, 1.165) is 17.7 Å². The molecule has 0 bridgehead atoms. The van der Waals surface area contributed by atoms with Gasteiger partial charge in [-0.15, -0.1) is 0 Å². The lowest BCUT2D eigenvalue weighted by Gasteiger charge is -2.14. The first-order valence-electron chi connectivity index (χ1n) is 8.15. The SMILES string of the molecule is CN(C)Cc1ccccc1C(=O)CCC(=O)c1ccccc1C(F)(F)F. The summed E-state index contributed by atoms with van der Waals surface area (Å²) in [4.78, 5) is 26.6. The van der Waals surface area contributed by atoms with Crippen molar-refractivity contribution in [1.29, 1.82) is 0 Å². The Labute approximate surface area is 150 Å². The smallest absolute Gasteiger partial charge is 0.305 e. The minimum atomic E-state index is -4.60. The molecule has 2 rings (SSSR count). The first-order chi connectivity index (χ1) is 12.2. The Morgan fingerprint density at radius 3 is 1.92 bits per heavy atom. The first kappa shape index (κ1) is 19.8. The zero-order valence-electron chi connectivity index (χ0n) is 14.6. The molecule has 0 aliphatic heterocycles. The van der Waals surface area contributed by atoms with E-state index >= 15 is 0 Å².